The van der Waals surface area contributed by atoms with E-state index in [2.05, 4.69) is 40.3 Å². The van der Waals surface area contributed by atoms with Crippen LogP contribution in [0.25, 0.3) is 10.9 Å². The van der Waals surface area contributed by atoms with Gasteiger partial charge in [0.1, 0.15) is 17.9 Å². The molecule has 4 unspecified atom stereocenters. The van der Waals surface area contributed by atoms with Gasteiger partial charge in [-0.2, -0.15) is 6.42 Å². The minimum atomic E-state index is -0.735. The number of nitrogens with zero attached hydrogens (tertiary/aromatic N) is 2. The minimum Gasteiger partial charge on any atom is -0.488 e. The van der Waals surface area contributed by atoms with Crippen LogP contribution in [0.5, 0.6) is 5.75 Å². The number of alkyl carbamates (subject to hydrolysis) is 1. The SMILES string of the molecule is C=C(NC1(C)[CH-]C1)C1CC(Oc2ccnc3ccccc23)CN1C(=O)C(C)NC(=O)OC.[W].[W].[W].[W].[W].[W]. The number of benzene rings is 1. The standard InChI is InChI=1S/C24H29N4O4.6W/c1-15(27-24(3)10-11-24)20-13-17(14-28(20)22(29)16(2)26-23(30)31-4)32-21-9-12-25-19-8-6-5-7-18(19)21;;;;;;/h5-10,12,16-17,20,27H,1,11,13-14H2,2-4H3,(H,26,30);;;;;;/q-1;;;;;;. The number of rotatable bonds is 7. The van der Waals surface area contributed by atoms with Gasteiger partial charge in [-0.3, -0.25) is 9.78 Å². The first-order valence-electron chi connectivity index (χ1n) is 10.8. The maximum Gasteiger partial charge on any atom is 0.407 e. The number of carbonyl (C=O) groups excluding carboxylic acids is 2. The molecule has 38 heavy (non-hydrogen) atoms. The Hall–Kier alpha value is 0.840. The molecule has 2 N–H and O–H groups in total. The Morgan fingerprint density at radius 3 is 2.39 bits per heavy atom. The predicted octanol–water partition coefficient (Wildman–Crippen LogP) is 2.78. The van der Waals surface area contributed by atoms with Crippen LogP contribution in [-0.4, -0.2) is 59.3 Å². The van der Waals surface area contributed by atoms with Crippen molar-refractivity contribution in [1.29, 1.82) is 0 Å². The molecule has 8 nitrogen and oxygen atoms in total. The van der Waals surface area contributed by atoms with Crippen molar-refractivity contribution >= 4 is 22.9 Å². The van der Waals surface area contributed by atoms with Gasteiger partial charge >= 0.3 is 6.09 Å². The molecule has 1 aromatic carbocycles. The summed E-state index contributed by atoms with van der Waals surface area (Å²) in [5.74, 6) is 0.523. The monoisotopic (exact) mass is 1540 g/mol. The van der Waals surface area contributed by atoms with Crippen LogP contribution in [0.4, 0.5) is 4.79 Å². The molecule has 2 aliphatic rings. The van der Waals surface area contributed by atoms with Gasteiger partial charge in [0.2, 0.25) is 5.91 Å². The van der Waals surface area contributed by atoms with Crippen molar-refractivity contribution in [3.8, 4) is 5.75 Å². The molecule has 1 saturated heterocycles. The van der Waals surface area contributed by atoms with E-state index in [9.17, 15) is 9.59 Å². The topological polar surface area (TPSA) is 92.8 Å². The van der Waals surface area contributed by atoms with Gasteiger partial charge < -0.3 is 31.4 Å². The Morgan fingerprint density at radius 1 is 1.16 bits per heavy atom. The smallest absolute Gasteiger partial charge is 0.407 e. The van der Waals surface area contributed by atoms with Crippen LogP contribution in [0.15, 0.2) is 48.8 Å². The van der Waals surface area contributed by atoms with Crippen LogP contribution >= 0.6 is 0 Å². The van der Waals surface area contributed by atoms with E-state index in [4.69, 9.17) is 4.74 Å². The number of aromatic nitrogens is 1. The largest absolute Gasteiger partial charge is 0.488 e. The van der Waals surface area contributed by atoms with E-state index < -0.39 is 12.1 Å². The Labute approximate surface area is 310 Å². The third kappa shape index (κ3) is 10.9. The van der Waals surface area contributed by atoms with Crippen molar-refractivity contribution in [2.75, 3.05) is 13.7 Å². The molecular weight excluding hydrogens is 1510 g/mol. The fourth-order valence-electron chi connectivity index (χ4n) is 4.06. The summed E-state index contributed by atoms with van der Waals surface area (Å²) < 4.78 is 11.0. The second-order valence-electron chi connectivity index (χ2n) is 8.64. The van der Waals surface area contributed by atoms with Crippen molar-refractivity contribution < 1.29 is 145 Å². The molecule has 1 aromatic heterocycles. The molecule has 0 radical (unpaired) electrons. The summed E-state index contributed by atoms with van der Waals surface area (Å²) in [7, 11) is 1.27. The zero-order valence-corrected chi connectivity index (χ0v) is 38.7. The van der Waals surface area contributed by atoms with Gasteiger partial charge in [-0.1, -0.05) is 25.6 Å². The third-order valence-corrected chi connectivity index (χ3v) is 6.00. The van der Waals surface area contributed by atoms with Crippen LogP contribution < -0.4 is 15.4 Å². The Kier molecular flexibility index (Phi) is 21.8. The first-order valence-corrected chi connectivity index (χ1v) is 10.8. The molecule has 2 fully saturated rings. The molecule has 2 aromatic rings. The number of hydrogen-bond acceptors (Lipinski definition) is 6. The first-order chi connectivity index (χ1) is 15.3. The minimum absolute atomic E-state index is 0. The van der Waals surface area contributed by atoms with Crippen molar-refractivity contribution in [2.24, 2.45) is 0 Å². The molecule has 1 aliphatic heterocycles. The quantitative estimate of drug-likeness (QED) is 0.415. The third-order valence-electron chi connectivity index (χ3n) is 6.00. The second kappa shape index (κ2) is 19.1. The average Bonchev–Trinajstić information content (AvgIpc) is 3.35. The molecule has 206 valence electrons. The Morgan fingerprint density at radius 2 is 1.79 bits per heavy atom. The summed E-state index contributed by atoms with van der Waals surface area (Å²) in [5, 5.41) is 6.92. The van der Waals surface area contributed by atoms with Crippen LogP contribution in [0.3, 0.4) is 0 Å². The maximum absolute atomic E-state index is 13.2. The van der Waals surface area contributed by atoms with E-state index in [0.29, 0.717) is 13.0 Å². The number of amides is 2. The maximum atomic E-state index is 13.2. The van der Waals surface area contributed by atoms with Crippen LogP contribution in [0, 0.1) is 6.42 Å². The number of likely N-dealkylation sites (tertiary alicyclic amines) is 1. The van der Waals surface area contributed by atoms with Gasteiger partial charge in [-0.25, -0.2) is 4.79 Å². The van der Waals surface area contributed by atoms with Crippen LogP contribution in [0.1, 0.15) is 26.7 Å². The zero-order valence-electron chi connectivity index (χ0n) is 21.1. The van der Waals surface area contributed by atoms with Gasteiger partial charge in [-0.05, 0) is 25.1 Å². The van der Waals surface area contributed by atoms with Gasteiger partial charge in [-0.15, -0.1) is 5.54 Å². The molecule has 4 atom stereocenters. The van der Waals surface area contributed by atoms with E-state index in [1.54, 1.807) is 18.0 Å². The first kappa shape index (κ1) is 43.3. The van der Waals surface area contributed by atoms with Crippen LogP contribution in [-0.2, 0) is 136 Å². The van der Waals surface area contributed by atoms with E-state index in [-0.39, 0.29) is 150 Å². The van der Waals surface area contributed by atoms with Gasteiger partial charge in [0.25, 0.3) is 0 Å². The number of ether oxygens (including phenoxy) is 2. The normalized spacial score (nSPS) is 21.2. The average molecular weight is 1540 g/mol. The molecule has 0 bridgehead atoms. The number of hydrogen-bond donors (Lipinski definition) is 2. The van der Waals surface area contributed by atoms with Crippen molar-refractivity contribution in [1.82, 2.24) is 20.5 Å². The summed E-state index contributed by atoms with van der Waals surface area (Å²) in [6, 6.07) is 8.65. The number of methoxy groups -OCH3 is 1. The fraction of sp³-hybridized carbons (Fsp3) is 0.417. The Balaban J connectivity index is -0.00000204. The number of nitrogens with one attached hydrogen (secondary N) is 2. The van der Waals surface area contributed by atoms with E-state index in [0.717, 1.165) is 28.8 Å². The summed E-state index contributed by atoms with van der Waals surface area (Å²) in [5.41, 5.74) is 1.54. The molecular formula is C24H29N4O4W6-. The number of para-hydroxylation sites is 1. The van der Waals surface area contributed by atoms with Crippen LogP contribution in [0.2, 0.25) is 0 Å². The molecule has 14 heteroatoms. The molecule has 1 aliphatic carbocycles. The molecule has 2 heterocycles. The van der Waals surface area contributed by atoms with Crippen molar-refractivity contribution in [3.05, 3.63) is 55.2 Å². The van der Waals surface area contributed by atoms with Gasteiger partial charge in [0.15, 0.2) is 0 Å². The number of carbonyl (C=O) groups is 2. The van der Waals surface area contributed by atoms with E-state index in [1.807, 2.05) is 30.3 Å². The molecule has 0 spiro atoms. The summed E-state index contributed by atoms with van der Waals surface area (Å²) in [6.45, 7) is 8.34. The number of pyridine rings is 1. The van der Waals surface area contributed by atoms with E-state index >= 15 is 0 Å². The summed E-state index contributed by atoms with van der Waals surface area (Å²) >= 11 is 0. The summed E-state index contributed by atoms with van der Waals surface area (Å²) in [4.78, 5) is 30.9. The Bertz CT molecular complexity index is 1050. The van der Waals surface area contributed by atoms with Gasteiger partial charge in [0, 0.05) is 150 Å². The van der Waals surface area contributed by atoms with E-state index in [1.165, 1.54) is 7.11 Å². The summed E-state index contributed by atoms with van der Waals surface area (Å²) in [6.07, 6.45) is 4.56. The second-order valence-corrected chi connectivity index (χ2v) is 8.64. The van der Waals surface area contributed by atoms with Crippen molar-refractivity contribution in [3.63, 3.8) is 0 Å². The zero-order chi connectivity index (χ0) is 22.9. The molecule has 4 rings (SSSR count). The van der Waals surface area contributed by atoms with Gasteiger partial charge in [0.05, 0.1) is 25.2 Å². The number of fused-ring (bicyclic) bond motifs is 1. The molecule has 2 amide bonds. The van der Waals surface area contributed by atoms with Crippen molar-refractivity contribution in [2.45, 2.75) is 50.4 Å². The molecule has 1 saturated carbocycles. The fourth-order valence-corrected chi connectivity index (χ4v) is 4.06. The predicted molar refractivity (Wildman–Crippen MR) is 121 cm³/mol.